The Morgan fingerprint density at radius 3 is 2.42 bits per heavy atom. The number of hydrogen-bond acceptors (Lipinski definition) is 5. The Balaban J connectivity index is 3.15. The van der Waals surface area contributed by atoms with Crippen LogP contribution in [0.1, 0.15) is 5.56 Å². The third kappa shape index (κ3) is 3.61. The standard InChI is InChI=1S/C11H7F3N4O/c1-19-10-3-2-7(11(12,13)14)4-9(10)18-17-8(5-15)6-16/h2-4,18H,1H3. The van der Waals surface area contributed by atoms with Gasteiger partial charge in [0, 0.05) is 0 Å². The second-order valence-electron chi connectivity index (χ2n) is 3.21. The summed E-state index contributed by atoms with van der Waals surface area (Å²) < 4.78 is 42.4. The van der Waals surface area contributed by atoms with E-state index in [1.165, 1.54) is 19.2 Å². The largest absolute Gasteiger partial charge is 0.495 e. The molecule has 0 heterocycles. The van der Waals surface area contributed by atoms with Crippen LogP contribution in [-0.2, 0) is 6.18 Å². The van der Waals surface area contributed by atoms with Gasteiger partial charge in [0.05, 0.1) is 18.4 Å². The molecule has 0 atom stereocenters. The predicted molar refractivity (Wildman–Crippen MR) is 60.3 cm³/mol. The highest BCUT2D eigenvalue weighted by Crippen LogP contribution is 2.34. The van der Waals surface area contributed by atoms with Gasteiger partial charge in [-0.1, -0.05) is 0 Å². The minimum absolute atomic E-state index is 0.0969. The van der Waals surface area contributed by atoms with Crippen LogP contribution in [0.4, 0.5) is 18.9 Å². The fourth-order valence-electron chi connectivity index (χ4n) is 1.16. The van der Waals surface area contributed by atoms with Crippen LogP contribution in [0, 0.1) is 22.7 Å². The van der Waals surface area contributed by atoms with Gasteiger partial charge in [-0.2, -0.15) is 28.8 Å². The zero-order valence-corrected chi connectivity index (χ0v) is 9.62. The van der Waals surface area contributed by atoms with Crippen molar-refractivity contribution in [2.45, 2.75) is 6.18 Å². The zero-order valence-electron chi connectivity index (χ0n) is 9.62. The third-order valence-electron chi connectivity index (χ3n) is 2.03. The van der Waals surface area contributed by atoms with E-state index in [2.05, 4.69) is 10.5 Å². The van der Waals surface area contributed by atoms with Gasteiger partial charge in [0.25, 0.3) is 0 Å². The molecule has 0 fully saturated rings. The summed E-state index contributed by atoms with van der Waals surface area (Å²) in [7, 11) is 1.27. The van der Waals surface area contributed by atoms with E-state index in [1.807, 2.05) is 0 Å². The first kappa shape index (κ1) is 14.3. The number of ether oxygens (including phenoxy) is 1. The van der Waals surface area contributed by atoms with E-state index in [-0.39, 0.29) is 11.4 Å². The van der Waals surface area contributed by atoms with Crippen molar-refractivity contribution in [3.8, 4) is 17.9 Å². The molecular weight excluding hydrogens is 261 g/mol. The molecular formula is C11H7F3N4O. The maximum atomic E-state index is 12.5. The van der Waals surface area contributed by atoms with E-state index in [9.17, 15) is 13.2 Å². The lowest BCUT2D eigenvalue weighted by Crippen LogP contribution is -2.06. The number of hydrazone groups is 1. The van der Waals surface area contributed by atoms with Crippen LogP contribution in [-0.4, -0.2) is 12.8 Å². The topological polar surface area (TPSA) is 81.2 Å². The molecule has 0 aliphatic carbocycles. The molecule has 0 aliphatic heterocycles. The quantitative estimate of drug-likeness (QED) is 0.674. The highest BCUT2D eigenvalue weighted by Gasteiger charge is 2.31. The number of halogens is 3. The van der Waals surface area contributed by atoms with Crippen LogP contribution >= 0.6 is 0 Å². The molecule has 0 radical (unpaired) electrons. The van der Waals surface area contributed by atoms with Gasteiger partial charge in [-0.05, 0) is 18.2 Å². The summed E-state index contributed by atoms with van der Waals surface area (Å²) in [5.74, 6) is 0.104. The van der Waals surface area contributed by atoms with Gasteiger partial charge in [-0.15, -0.1) is 0 Å². The first-order chi connectivity index (χ1) is 8.92. The molecule has 0 aromatic heterocycles. The number of rotatable bonds is 3. The molecule has 0 saturated heterocycles. The average Bonchev–Trinajstić information content (AvgIpc) is 2.38. The van der Waals surface area contributed by atoms with Crippen LogP contribution < -0.4 is 10.2 Å². The molecule has 5 nitrogen and oxygen atoms in total. The van der Waals surface area contributed by atoms with E-state index in [4.69, 9.17) is 15.3 Å². The second-order valence-corrected chi connectivity index (χ2v) is 3.21. The van der Waals surface area contributed by atoms with Crippen molar-refractivity contribution in [2.75, 3.05) is 12.5 Å². The maximum absolute atomic E-state index is 12.5. The minimum atomic E-state index is -4.51. The summed E-state index contributed by atoms with van der Waals surface area (Å²) in [5.41, 5.74) is 0.684. The first-order valence-electron chi connectivity index (χ1n) is 4.81. The van der Waals surface area contributed by atoms with Gasteiger partial charge in [0.15, 0.2) is 0 Å². The van der Waals surface area contributed by atoms with Crippen molar-refractivity contribution in [1.29, 1.82) is 10.5 Å². The van der Waals surface area contributed by atoms with Crippen LogP contribution in [0.3, 0.4) is 0 Å². The third-order valence-corrected chi connectivity index (χ3v) is 2.03. The smallest absolute Gasteiger partial charge is 0.416 e. The summed E-state index contributed by atoms with van der Waals surface area (Å²) in [6.45, 7) is 0. The molecule has 0 unspecified atom stereocenters. The SMILES string of the molecule is COc1ccc(C(F)(F)F)cc1NN=C(C#N)C#N. The van der Waals surface area contributed by atoms with Gasteiger partial charge in [0.2, 0.25) is 5.71 Å². The minimum Gasteiger partial charge on any atom is -0.495 e. The molecule has 0 saturated carbocycles. The Labute approximate surface area is 106 Å². The second kappa shape index (κ2) is 5.74. The average molecular weight is 268 g/mol. The number of benzene rings is 1. The number of hydrogen-bond donors (Lipinski definition) is 1. The molecule has 0 spiro atoms. The Bertz CT molecular complexity index is 565. The Morgan fingerprint density at radius 2 is 1.95 bits per heavy atom. The number of anilines is 1. The fraction of sp³-hybridized carbons (Fsp3) is 0.182. The Hall–Kier alpha value is -2.74. The lowest BCUT2D eigenvalue weighted by molar-refractivity contribution is -0.137. The van der Waals surface area contributed by atoms with Crippen molar-refractivity contribution in [3.63, 3.8) is 0 Å². The van der Waals surface area contributed by atoms with Crippen molar-refractivity contribution in [2.24, 2.45) is 5.10 Å². The van der Waals surface area contributed by atoms with Crippen LogP contribution in [0.25, 0.3) is 0 Å². The van der Waals surface area contributed by atoms with Gasteiger partial charge in [-0.3, -0.25) is 5.43 Å². The Morgan fingerprint density at radius 1 is 1.32 bits per heavy atom. The molecule has 8 heteroatoms. The highest BCUT2D eigenvalue weighted by molar-refractivity contribution is 6.10. The summed E-state index contributed by atoms with van der Waals surface area (Å²) in [5, 5.41) is 20.3. The van der Waals surface area contributed by atoms with Gasteiger partial charge in [0.1, 0.15) is 17.9 Å². The molecule has 1 rings (SSSR count). The van der Waals surface area contributed by atoms with Gasteiger partial charge in [-0.25, -0.2) is 0 Å². The van der Waals surface area contributed by atoms with Crippen molar-refractivity contribution in [1.82, 2.24) is 0 Å². The molecule has 1 aromatic carbocycles. The number of nitrogens with zero attached hydrogens (tertiary/aromatic N) is 3. The first-order valence-corrected chi connectivity index (χ1v) is 4.81. The molecule has 1 aromatic rings. The van der Waals surface area contributed by atoms with Crippen LogP contribution in [0.2, 0.25) is 0 Å². The molecule has 19 heavy (non-hydrogen) atoms. The maximum Gasteiger partial charge on any atom is 0.416 e. The molecule has 98 valence electrons. The molecule has 0 amide bonds. The number of nitriles is 2. The molecule has 1 N–H and O–H groups in total. The number of alkyl halides is 3. The van der Waals surface area contributed by atoms with Crippen molar-refractivity contribution in [3.05, 3.63) is 23.8 Å². The summed E-state index contributed by atoms with van der Waals surface area (Å²) in [4.78, 5) is 0. The van der Waals surface area contributed by atoms with E-state index >= 15 is 0 Å². The summed E-state index contributed by atoms with van der Waals surface area (Å²) in [6, 6.07) is 5.67. The lowest BCUT2D eigenvalue weighted by atomic mass is 10.2. The highest BCUT2D eigenvalue weighted by atomic mass is 19.4. The van der Waals surface area contributed by atoms with Crippen molar-refractivity contribution < 1.29 is 17.9 Å². The normalized spacial score (nSPS) is 10.0. The van der Waals surface area contributed by atoms with Crippen LogP contribution in [0.5, 0.6) is 5.75 Å². The monoisotopic (exact) mass is 268 g/mol. The van der Waals surface area contributed by atoms with E-state index in [1.54, 1.807) is 0 Å². The van der Waals surface area contributed by atoms with E-state index < -0.39 is 17.5 Å². The van der Waals surface area contributed by atoms with Gasteiger partial charge < -0.3 is 4.74 Å². The zero-order chi connectivity index (χ0) is 14.5. The van der Waals surface area contributed by atoms with Gasteiger partial charge >= 0.3 is 6.18 Å². The summed E-state index contributed by atoms with van der Waals surface area (Å²) in [6.07, 6.45) is -4.51. The molecule has 0 aliphatic rings. The number of methoxy groups -OCH3 is 1. The molecule has 0 bridgehead atoms. The van der Waals surface area contributed by atoms with Crippen LogP contribution in [0.15, 0.2) is 23.3 Å². The number of nitrogens with one attached hydrogen (secondary N) is 1. The van der Waals surface area contributed by atoms with E-state index in [0.717, 1.165) is 18.2 Å². The Kier molecular flexibility index (Phi) is 4.32. The fourth-order valence-corrected chi connectivity index (χ4v) is 1.16. The summed E-state index contributed by atoms with van der Waals surface area (Å²) >= 11 is 0. The van der Waals surface area contributed by atoms with E-state index in [0.29, 0.717) is 0 Å². The van der Waals surface area contributed by atoms with Crippen molar-refractivity contribution >= 4 is 11.4 Å². The predicted octanol–water partition coefficient (Wildman–Crippen LogP) is 2.53. The lowest BCUT2D eigenvalue weighted by Gasteiger charge is -2.11.